The van der Waals surface area contributed by atoms with E-state index in [4.69, 9.17) is 9.47 Å². The van der Waals surface area contributed by atoms with Crippen LogP contribution in [-0.4, -0.2) is 20.1 Å². The Bertz CT molecular complexity index is 685. The van der Waals surface area contributed by atoms with Crippen LogP contribution in [0.2, 0.25) is 0 Å². The van der Waals surface area contributed by atoms with E-state index >= 15 is 0 Å². The minimum atomic E-state index is -0.183. The molecule has 4 heteroatoms. The molecule has 1 amide bonds. The van der Waals surface area contributed by atoms with Gasteiger partial charge in [0, 0.05) is 5.56 Å². The van der Waals surface area contributed by atoms with E-state index in [9.17, 15) is 4.79 Å². The smallest absolute Gasteiger partial charge is 0.255 e. The summed E-state index contributed by atoms with van der Waals surface area (Å²) in [6.45, 7) is 6.39. The van der Waals surface area contributed by atoms with Gasteiger partial charge in [0.15, 0.2) is 0 Å². The molecule has 0 spiro atoms. The third-order valence-electron chi connectivity index (χ3n) is 3.67. The second-order valence-electron chi connectivity index (χ2n) is 6.35. The van der Waals surface area contributed by atoms with Gasteiger partial charge in [-0.15, -0.1) is 0 Å². The fourth-order valence-corrected chi connectivity index (χ4v) is 2.21. The number of hydrogen-bond acceptors (Lipinski definition) is 3. The zero-order chi connectivity index (χ0) is 17.0. The summed E-state index contributed by atoms with van der Waals surface area (Å²) >= 11 is 0. The van der Waals surface area contributed by atoms with Gasteiger partial charge in [0.25, 0.3) is 5.91 Å². The SMILES string of the molecule is COc1ccc(C(=O)Nc2cc(C(C)(C)C)ccc2OC)cc1. The van der Waals surface area contributed by atoms with E-state index in [1.54, 1.807) is 38.5 Å². The lowest BCUT2D eigenvalue weighted by Crippen LogP contribution is -2.15. The fraction of sp³-hybridized carbons (Fsp3) is 0.316. The van der Waals surface area contributed by atoms with Gasteiger partial charge in [-0.1, -0.05) is 26.8 Å². The molecule has 0 unspecified atom stereocenters. The summed E-state index contributed by atoms with van der Waals surface area (Å²) in [6.07, 6.45) is 0. The largest absolute Gasteiger partial charge is 0.497 e. The third kappa shape index (κ3) is 4.03. The molecule has 0 atom stereocenters. The molecule has 0 saturated carbocycles. The third-order valence-corrected chi connectivity index (χ3v) is 3.67. The number of carbonyl (C=O) groups is 1. The van der Waals surface area contributed by atoms with E-state index < -0.39 is 0 Å². The van der Waals surface area contributed by atoms with Gasteiger partial charge in [0.1, 0.15) is 11.5 Å². The summed E-state index contributed by atoms with van der Waals surface area (Å²) in [6, 6.07) is 12.8. The molecule has 0 aliphatic rings. The standard InChI is InChI=1S/C19H23NO3/c1-19(2,3)14-8-11-17(23-5)16(12-14)20-18(21)13-6-9-15(22-4)10-7-13/h6-12H,1-5H3,(H,20,21). The Hall–Kier alpha value is -2.49. The van der Waals surface area contributed by atoms with Crippen molar-refractivity contribution in [3.8, 4) is 11.5 Å². The van der Waals surface area contributed by atoms with Gasteiger partial charge < -0.3 is 14.8 Å². The van der Waals surface area contributed by atoms with Crippen LogP contribution >= 0.6 is 0 Å². The average molecular weight is 313 g/mol. The topological polar surface area (TPSA) is 47.6 Å². The Morgan fingerprint density at radius 1 is 0.957 bits per heavy atom. The van der Waals surface area contributed by atoms with Crippen molar-refractivity contribution in [2.45, 2.75) is 26.2 Å². The van der Waals surface area contributed by atoms with Gasteiger partial charge in [-0.2, -0.15) is 0 Å². The zero-order valence-corrected chi connectivity index (χ0v) is 14.3. The van der Waals surface area contributed by atoms with Crippen LogP contribution in [0, 0.1) is 0 Å². The molecule has 0 radical (unpaired) electrons. The van der Waals surface area contributed by atoms with Crippen LogP contribution < -0.4 is 14.8 Å². The lowest BCUT2D eigenvalue weighted by Gasteiger charge is -2.21. The molecule has 23 heavy (non-hydrogen) atoms. The van der Waals surface area contributed by atoms with E-state index in [0.717, 1.165) is 5.56 Å². The maximum Gasteiger partial charge on any atom is 0.255 e. The first-order valence-corrected chi connectivity index (χ1v) is 7.49. The van der Waals surface area contributed by atoms with Crippen molar-refractivity contribution < 1.29 is 14.3 Å². The molecule has 122 valence electrons. The van der Waals surface area contributed by atoms with Gasteiger partial charge in [0.2, 0.25) is 0 Å². The molecule has 4 nitrogen and oxygen atoms in total. The van der Waals surface area contributed by atoms with E-state index in [0.29, 0.717) is 22.7 Å². The lowest BCUT2D eigenvalue weighted by molar-refractivity contribution is 0.102. The maximum atomic E-state index is 12.4. The molecular formula is C19H23NO3. The number of hydrogen-bond donors (Lipinski definition) is 1. The predicted octanol–water partition coefficient (Wildman–Crippen LogP) is 4.25. The van der Waals surface area contributed by atoms with Crippen LogP contribution in [0.3, 0.4) is 0 Å². The Balaban J connectivity index is 2.28. The summed E-state index contributed by atoms with van der Waals surface area (Å²) in [4.78, 5) is 12.4. The maximum absolute atomic E-state index is 12.4. The number of methoxy groups -OCH3 is 2. The van der Waals surface area contributed by atoms with Crippen molar-refractivity contribution in [3.63, 3.8) is 0 Å². The van der Waals surface area contributed by atoms with Crippen molar-refractivity contribution in [2.75, 3.05) is 19.5 Å². The Labute approximate surface area is 137 Å². The normalized spacial score (nSPS) is 11.0. The number of amides is 1. The van der Waals surface area contributed by atoms with Gasteiger partial charge in [-0.25, -0.2) is 0 Å². The van der Waals surface area contributed by atoms with Crippen LogP contribution in [0.4, 0.5) is 5.69 Å². The first-order chi connectivity index (χ1) is 10.8. The lowest BCUT2D eigenvalue weighted by atomic mass is 9.87. The van der Waals surface area contributed by atoms with E-state index in [1.165, 1.54) is 0 Å². The highest BCUT2D eigenvalue weighted by Crippen LogP contribution is 2.31. The molecular weight excluding hydrogens is 290 g/mol. The molecule has 1 N–H and O–H groups in total. The molecule has 0 heterocycles. The molecule has 0 bridgehead atoms. The molecule has 0 aliphatic heterocycles. The van der Waals surface area contributed by atoms with E-state index in [2.05, 4.69) is 26.1 Å². The van der Waals surface area contributed by atoms with Gasteiger partial charge in [0.05, 0.1) is 19.9 Å². The molecule has 0 saturated heterocycles. The Morgan fingerprint density at radius 2 is 1.61 bits per heavy atom. The molecule has 2 aromatic rings. The highest BCUT2D eigenvalue weighted by molar-refractivity contribution is 6.05. The van der Waals surface area contributed by atoms with Crippen LogP contribution in [0.5, 0.6) is 11.5 Å². The van der Waals surface area contributed by atoms with Gasteiger partial charge >= 0.3 is 0 Å². The summed E-state index contributed by atoms with van der Waals surface area (Å²) in [5.41, 5.74) is 2.35. The van der Waals surface area contributed by atoms with Crippen LogP contribution in [0.1, 0.15) is 36.7 Å². The van der Waals surface area contributed by atoms with Crippen molar-refractivity contribution >= 4 is 11.6 Å². The van der Waals surface area contributed by atoms with Crippen LogP contribution in [0.15, 0.2) is 42.5 Å². The molecule has 0 fully saturated rings. The number of anilines is 1. The number of nitrogens with one attached hydrogen (secondary N) is 1. The summed E-state index contributed by atoms with van der Waals surface area (Å²) in [7, 11) is 3.19. The van der Waals surface area contributed by atoms with Crippen LogP contribution in [-0.2, 0) is 5.41 Å². The average Bonchev–Trinajstić information content (AvgIpc) is 2.54. The summed E-state index contributed by atoms with van der Waals surface area (Å²) < 4.78 is 10.5. The first-order valence-electron chi connectivity index (χ1n) is 7.49. The molecule has 0 aromatic heterocycles. The molecule has 2 aromatic carbocycles. The van der Waals surface area contributed by atoms with E-state index in [-0.39, 0.29) is 11.3 Å². The number of carbonyl (C=O) groups excluding carboxylic acids is 1. The predicted molar refractivity (Wildman–Crippen MR) is 92.6 cm³/mol. The zero-order valence-electron chi connectivity index (χ0n) is 14.3. The second-order valence-corrected chi connectivity index (χ2v) is 6.35. The Kier molecular flexibility index (Phi) is 4.94. The summed E-state index contributed by atoms with van der Waals surface area (Å²) in [5, 5.41) is 2.92. The summed E-state index contributed by atoms with van der Waals surface area (Å²) in [5.74, 6) is 1.17. The van der Waals surface area contributed by atoms with Crippen molar-refractivity contribution in [3.05, 3.63) is 53.6 Å². The number of rotatable bonds is 4. The number of benzene rings is 2. The quantitative estimate of drug-likeness (QED) is 0.917. The van der Waals surface area contributed by atoms with Crippen molar-refractivity contribution in [2.24, 2.45) is 0 Å². The van der Waals surface area contributed by atoms with Crippen molar-refractivity contribution in [1.82, 2.24) is 0 Å². The first kappa shape index (κ1) is 16.9. The molecule has 2 rings (SSSR count). The van der Waals surface area contributed by atoms with Crippen LogP contribution in [0.25, 0.3) is 0 Å². The highest BCUT2D eigenvalue weighted by Gasteiger charge is 2.17. The second kappa shape index (κ2) is 6.73. The fourth-order valence-electron chi connectivity index (χ4n) is 2.21. The van der Waals surface area contributed by atoms with Gasteiger partial charge in [-0.3, -0.25) is 4.79 Å². The van der Waals surface area contributed by atoms with Crippen molar-refractivity contribution in [1.29, 1.82) is 0 Å². The van der Waals surface area contributed by atoms with Gasteiger partial charge in [-0.05, 0) is 47.4 Å². The minimum Gasteiger partial charge on any atom is -0.497 e. The number of ether oxygens (including phenoxy) is 2. The molecule has 0 aliphatic carbocycles. The Morgan fingerprint density at radius 3 is 2.13 bits per heavy atom. The monoisotopic (exact) mass is 313 g/mol. The highest BCUT2D eigenvalue weighted by atomic mass is 16.5. The van der Waals surface area contributed by atoms with E-state index in [1.807, 2.05) is 18.2 Å². The minimum absolute atomic E-state index is 0.00807.